The Morgan fingerprint density at radius 3 is 2.00 bits per heavy atom. The summed E-state index contributed by atoms with van der Waals surface area (Å²) in [6, 6.07) is 20.9. The van der Waals surface area contributed by atoms with Crippen molar-refractivity contribution in [2.75, 3.05) is 6.54 Å². The van der Waals surface area contributed by atoms with Gasteiger partial charge in [0, 0.05) is 12.5 Å². The molecule has 0 bridgehead atoms. The summed E-state index contributed by atoms with van der Waals surface area (Å²) in [4.78, 5) is 11.5. The summed E-state index contributed by atoms with van der Waals surface area (Å²) in [7, 11) is 0. The van der Waals surface area contributed by atoms with Crippen LogP contribution in [0.15, 0.2) is 72.8 Å². The van der Waals surface area contributed by atoms with E-state index in [2.05, 4.69) is 53.8 Å². The molecule has 0 saturated carbocycles. The molecule has 0 saturated heterocycles. The van der Waals surface area contributed by atoms with Crippen LogP contribution in [-0.4, -0.2) is 12.5 Å². The third-order valence-electron chi connectivity index (χ3n) is 3.45. The van der Waals surface area contributed by atoms with E-state index in [-0.39, 0.29) is 5.91 Å². The van der Waals surface area contributed by atoms with Crippen LogP contribution in [-0.2, 0) is 4.79 Å². The number of nitrogens with one attached hydrogen (secondary N) is 1. The summed E-state index contributed by atoms with van der Waals surface area (Å²) >= 11 is 0. The molecule has 2 heteroatoms. The van der Waals surface area contributed by atoms with Crippen LogP contribution in [0.5, 0.6) is 0 Å². The first-order valence-corrected chi connectivity index (χ1v) is 7.31. The monoisotopic (exact) mass is 279 g/mol. The topological polar surface area (TPSA) is 29.1 Å². The van der Waals surface area contributed by atoms with E-state index in [1.165, 1.54) is 11.1 Å². The van der Waals surface area contributed by atoms with Gasteiger partial charge in [0.05, 0.1) is 0 Å². The third-order valence-corrected chi connectivity index (χ3v) is 3.45. The maximum absolute atomic E-state index is 11.5. The van der Waals surface area contributed by atoms with Crippen LogP contribution in [0, 0.1) is 0 Å². The number of rotatable bonds is 6. The zero-order chi connectivity index (χ0) is 14.9. The Labute approximate surface area is 126 Å². The molecule has 2 aromatic carbocycles. The van der Waals surface area contributed by atoms with Gasteiger partial charge in [-0.15, -0.1) is 0 Å². The van der Waals surface area contributed by atoms with E-state index in [4.69, 9.17) is 0 Å². The molecule has 0 atom stereocenters. The normalized spacial score (nSPS) is 11.0. The molecule has 0 fully saturated rings. The Bertz CT molecular complexity index is 536. The van der Waals surface area contributed by atoms with E-state index in [0.29, 0.717) is 12.5 Å². The Balaban J connectivity index is 2.09. The second-order valence-corrected chi connectivity index (χ2v) is 4.95. The molecule has 0 aliphatic heterocycles. The zero-order valence-corrected chi connectivity index (χ0v) is 12.3. The lowest BCUT2D eigenvalue weighted by Gasteiger charge is -2.18. The number of benzene rings is 2. The Hall–Kier alpha value is -2.35. The number of hydrogen-bond acceptors (Lipinski definition) is 1. The van der Waals surface area contributed by atoms with Gasteiger partial charge in [0.1, 0.15) is 0 Å². The van der Waals surface area contributed by atoms with E-state index in [0.717, 1.165) is 6.42 Å². The number of carbonyl (C=O) groups is 1. The van der Waals surface area contributed by atoms with Gasteiger partial charge in [-0.3, -0.25) is 4.79 Å². The van der Waals surface area contributed by atoms with Crippen molar-refractivity contribution in [3.63, 3.8) is 0 Å². The number of amides is 1. The van der Waals surface area contributed by atoms with Crippen molar-refractivity contribution in [1.82, 2.24) is 5.32 Å². The summed E-state index contributed by atoms with van der Waals surface area (Å²) in [6.45, 7) is 2.51. The molecule has 0 aliphatic rings. The minimum atomic E-state index is -0.0302. The minimum Gasteiger partial charge on any atom is -0.353 e. The average molecular weight is 279 g/mol. The molecule has 108 valence electrons. The lowest BCUT2D eigenvalue weighted by Crippen LogP contribution is -2.23. The molecule has 2 nitrogen and oxygen atoms in total. The quantitative estimate of drug-likeness (QED) is 0.798. The molecule has 1 amide bonds. The van der Waals surface area contributed by atoms with Crippen LogP contribution in [0.25, 0.3) is 0 Å². The van der Waals surface area contributed by atoms with Gasteiger partial charge in [-0.1, -0.05) is 66.7 Å². The molecule has 0 aromatic heterocycles. The third kappa shape index (κ3) is 4.60. The van der Waals surface area contributed by atoms with Crippen molar-refractivity contribution < 1.29 is 4.79 Å². The molecule has 0 unspecified atom stereocenters. The van der Waals surface area contributed by atoms with Gasteiger partial charge in [-0.05, 0) is 30.5 Å². The fourth-order valence-corrected chi connectivity index (χ4v) is 2.45. The lowest BCUT2D eigenvalue weighted by atomic mass is 9.88. The van der Waals surface area contributed by atoms with Crippen LogP contribution in [0.1, 0.15) is 30.4 Å². The first kappa shape index (κ1) is 15.0. The second-order valence-electron chi connectivity index (χ2n) is 4.95. The van der Waals surface area contributed by atoms with E-state index < -0.39 is 0 Å². The Kier molecular flexibility index (Phi) is 5.77. The highest BCUT2D eigenvalue weighted by Gasteiger charge is 2.13. The van der Waals surface area contributed by atoms with Crippen molar-refractivity contribution in [1.29, 1.82) is 0 Å². The second kappa shape index (κ2) is 8.05. The fourth-order valence-electron chi connectivity index (χ4n) is 2.45. The van der Waals surface area contributed by atoms with Crippen LogP contribution < -0.4 is 5.32 Å². The van der Waals surface area contributed by atoms with E-state index in [1.807, 2.05) is 19.1 Å². The predicted molar refractivity (Wildman–Crippen MR) is 87.2 cm³/mol. The van der Waals surface area contributed by atoms with Gasteiger partial charge in [-0.25, -0.2) is 0 Å². The summed E-state index contributed by atoms with van der Waals surface area (Å²) in [6.07, 6.45) is 4.19. The molecule has 1 N–H and O–H groups in total. The van der Waals surface area contributed by atoms with Crippen LogP contribution >= 0.6 is 0 Å². The first-order chi connectivity index (χ1) is 10.3. The predicted octanol–water partition coefficient (Wildman–Crippen LogP) is 3.90. The summed E-state index contributed by atoms with van der Waals surface area (Å²) in [5.74, 6) is 0.274. The van der Waals surface area contributed by atoms with E-state index in [9.17, 15) is 4.79 Å². The standard InChI is InChI=1S/C19H21NO/c1-2-9-19(21)20-15-14-18(16-10-5-3-6-11-16)17-12-7-4-8-13-17/h2-13,18H,14-15H2,1H3,(H,20,21)/b9-2+. The minimum absolute atomic E-state index is 0.0302. The fraction of sp³-hybridized carbons (Fsp3) is 0.211. The lowest BCUT2D eigenvalue weighted by molar-refractivity contribution is -0.116. The van der Waals surface area contributed by atoms with Gasteiger partial charge < -0.3 is 5.32 Å². The van der Waals surface area contributed by atoms with Crippen LogP contribution in [0.3, 0.4) is 0 Å². The summed E-state index contributed by atoms with van der Waals surface area (Å²) in [5, 5.41) is 2.93. The highest BCUT2D eigenvalue weighted by Crippen LogP contribution is 2.27. The maximum atomic E-state index is 11.5. The molecular weight excluding hydrogens is 258 g/mol. The first-order valence-electron chi connectivity index (χ1n) is 7.31. The number of hydrogen-bond donors (Lipinski definition) is 1. The van der Waals surface area contributed by atoms with Crippen molar-refractivity contribution in [2.45, 2.75) is 19.3 Å². The highest BCUT2D eigenvalue weighted by molar-refractivity contribution is 5.87. The van der Waals surface area contributed by atoms with Crippen LogP contribution in [0.2, 0.25) is 0 Å². The van der Waals surface area contributed by atoms with Crippen molar-refractivity contribution in [2.24, 2.45) is 0 Å². The SMILES string of the molecule is C/C=C/C(=O)NCCC(c1ccccc1)c1ccccc1. The zero-order valence-electron chi connectivity index (χ0n) is 12.3. The number of carbonyl (C=O) groups excluding carboxylic acids is 1. The average Bonchev–Trinajstić information content (AvgIpc) is 2.53. The molecule has 21 heavy (non-hydrogen) atoms. The van der Waals surface area contributed by atoms with E-state index >= 15 is 0 Å². The molecule has 0 radical (unpaired) electrons. The largest absolute Gasteiger partial charge is 0.353 e. The molecule has 0 heterocycles. The Morgan fingerprint density at radius 2 is 1.52 bits per heavy atom. The van der Waals surface area contributed by atoms with Gasteiger partial charge >= 0.3 is 0 Å². The molecule has 0 aliphatic carbocycles. The van der Waals surface area contributed by atoms with Gasteiger partial charge in [0.15, 0.2) is 0 Å². The number of allylic oxidation sites excluding steroid dienone is 1. The van der Waals surface area contributed by atoms with Crippen molar-refractivity contribution in [3.8, 4) is 0 Å². The molecule has 2 rings (SSSR count). The Morgan fingerprint density at radius 1 is 1.00 bits per heavy atom. The maximum Gasteiger partial charge on any atom is 0.243 e. The van der Waals surface area contributed by atoms with Crippen molar-refractivity contribution >= 4 is 5.91 Å². The summed E-state index contributed by atoms with van der Waals surface area (Å²) < 4.78 is 0. The summed E-state index contributed by atoms with van der Waals surface area (Å²) in [5.41, 5.74) is 2.56. The highest BCUT2D eigenvalue weighted by atomic mass is 16.1. The molecule has 2 aromatic rings. The molecule has 0 spiro atoms. The van der Waals surface area contributed by atoms with Gasteiger partial charge in [0.25, 0.3) is 0 Å². The van der Waals surface area contributed by atoms with Crippen molar-refractivity contribution in [3.05, 3.63) is 83.9 Å². The smallest absolute Gasteiger partial charge is 0.243 e. The molecular formula is C19H21NO. The van der Waals surface area contributed by atoms with Gasteiger partial charge in [-0.2, -0.15) is 0 Å². The van der Waals surface area contributed by atoms with E-state index in [1.54, 1.807) is 12.2 Å². The van der Waals surface area contributed by atoms with Gasteiger partial charge in [0.2, 0.25) is 5.91 Å². The van der Waals surface area contributed by atoms with Crippen LogP contribution in [0.4, 0.5) is 0 Å².